The lowest BCUT2D eigenvalue weighted by atomic mass is 9.96. The van der Waals surface area contributed by atoms with Crippen LogP contribution in [0.5, 0.6) is 0 Å². The average Bonchev–Trinajstić information content (AvgIpc) is 3.21. The number of fused-ring (bicyclic) bond motifs is 3. The van der Waals surface area contributed by atoms with Crippen LogP contribution in [0.4, 0.5) is 0 Å². The molecule has 0 aliphatic carbocycles. The first-order valence-corrected chi connectivity index (χ1v) is 9.82. The van der Waals surface area contributed by atoms with Crippen molar-refractivity contribution in [2.45, 2.75) is 33.4 Å². The Labute approximate surface area is 187 Å². The van der Waals surface area contributed by atoms with Crippen LogP contribution >= 0.6 is 0 Å². The molecule has 2 heterocycles. The van der Waals surface area contributed by atoms with Crippen molar-refractivity contribution in [1.82, 2.24) is 4.98 Å². The number of furan rings is 1. The first-order valence-electron chi connectivity index (χ1n) is 13.3. The van der Waals surface area contributed by atoms with Crippen LogP contribution < -0.4 is 0 Å². The second-order valence-corrected chi connectivity index (χ2v) is 7.63. The van der Waals surface area contributed by atoms with Gasteiger partial charge in [0.05, 0.1) is 5.69 Å². The van der Waals surface area contributed by atoms with E-state index in [9.17, 15) is 0 Å². The van der Waals surface area contributed by atoms with Crippen molar-refractivity contribution in [3.63, 3.8) is 0 Å². The molecule has 3 aromatic carbocycles. The molecule has 0 amide bonds. The van der Waals surface area contributed by atoms with Gasteiger partial charge >= 0.3 is 0 Å². The molecule has 0 saturated carbocycles. The Balaban J connectivity index is 1.83. The van der Waals surface area contributed by atoms with Crippen LogP contribution in [0.2, 0.25) is 0 Å². The van der Waals surface area contributed by atoms with Crippen LogP contribution in [0.15, 0.2) is 77.3 Å². The van der Waals surface area contributed by atoms with E-state index in [0.717, 1.165) is 16.3 Å². The maximum atomic E-state index is 8.55. The zero-order valence-corrected chi connectivity index (χ0v) is 16.8. The molecule has 5 rings (SSSR count). The molecular formula is C28H25NO. The maximum Gasteiger partial charge on any atom is 0.144 e. The molecule has 0 atom stereocenters. The quantitative estimate of drug-likeness (QED) is 0.307. The number of aryl methyl sites for hydroxylation is 2. The lowest BCUT2D eigenvalue weighted by molar-refractivity contribution is 0.670. The highest BCUT2D eigenvalue weighted by Crippen LogP contribution is 2.41. The van der Waals surface area contributed by atoms with Crippen LogP contribution in [0.3, 0.4) is 0 Å². The van der Waals surface area contributed by atoms with Gasteiger partial charge in [0.2, 0.25) is 0 Å². The van der Waals surface area contributed by atoms with Gasteiger partial charge < -0.3 is 4.42 Å². The molecule has 30 heavy (non-hydrogen) atoms. The summed E-state index contributed by atoms with van der Waals surface area (Å²) in [4.78, 5) is 4.45. The Kier molecular flexibility index (Phi) is 2.94. The molecule has 0 radical (unpaired) electrons. The molecular weight excluding hydrogens is 366 g/mol. The SMILES string of the molecule is [2H]C([2H])([2H])c1cnc(-c2cccc3c2oc2c(-c4ccccc4)c(C([2H])([2H])[2H])ccc23)cc1C([2H])(C)C. The number of nitrogens with zero attached hydrogens (tertiary/aromatic N) is 1. The Morgan fingerprint density at radius 1 is 0.867 bits per heavy atom. The Hall–Kier alpha value is -3.39. The van der Waals surface area contributed by atoms with E-state index in [1.165, 1.54) is 6.20 Å². The molecule has 0 unspecified atom stereocenters. The standard InChI is InChI=1S/C28H25NO/c1-17(2)24-15-25(29-16-19(24)4)23-12-8-11-21-22-14-13-18(3)26(28(22)30-27(21)23)20-9-6-5-7-10-20/h5-17H,1-4H3/i3D3,4D3,17D. The molecule has 0 saturated heterocycles. The topological polar surface area (TPSA) is 26.0 Å². The Bertz CT molecular complexity index is 1630. The summed E-state index contributed by atoms with van der Waals surface area (Å²) in [6, 6.07) is 19.9. The summed E-state index contributed by atoms with van der Waals surface area (Å²) in [5, 5.41) is 1.55. The molecule has 0 aliphatic heterocycles. The first-order chi connectivity index (χ1) is 17.3. The number of pyridine rings is 1. The van der Waals surface area contributed by atoms with E-state index >= 15 is 0 Å². The minimum absolute atomic E-state index is 0.0433. The molecule has 0 aliphatic rings. The first kappa shape index (κ1) is 12.3. The predicted molar refractivity (Wildman–Crippen MR) is 126 cm³/mol. The van der Waals surface area contributed by atoms with E-state index in [2.05, 4.69) is 4.98 Å². The van der Waals surface area contributed by atoms with Gasteiger partial charge in [0.15, 0.2) is 0 Å². The second-order valence-electron chi connectivity index (χ2n) is 7.63. The molecule has 0 fully saturated rings. The lowest BCUT2D eigenvalue weighted by Gasteiger charge is -2.11. The van der Waals surface area contributed by atoms with Crippen molar-refractivity contribution in [2.75, 3.05) is 0 Å². The van der Waals surface area contributed by atoms with E-state index in [0.29, 0.717) is 33.6 Å². The van der Waals surface area contributed by atoms with E-state index in [1.807, 2.05) is 48.5 Å². The summed E-state index contributed by atoms with van der Waals surface area (Å²) in [6.07, 6.45) is 1.32. The van der Waals surface area contributed by atoms with Crippen molar-refractivity contribution < 1.29 is 14.0 Å². The number of hydrogen-bond acceptors (Lipinski definition) is 2. The highest BCUT2D eigenvalue weighted by molar-refractivity contribution is 6.13. The Morgan fingerprint density at radius 2 is 1.67 bits per heavy atom. The molecule has 0 bridgehead atoms. The minimum Gasteiger partial charge on any atom is -0.455 e. The van der Waals surface area contributed by atoms with Crippen LogP contribution in [0.25, 0.3) is 44.3 Å². The van der Waals surface area contributed by atoms with Gasteiger partial charge in [-0.05, 0) is 54.0 Å². The summed E-state index contributed by atoms with van der Waals surface area (Å²) >= 11 is 0. The molecule has 0 spiro atoms. The van der Waals surface area contributed by atoms with Gasteiger partial charge in [0, 0.05) is 37.7 Å². The summed E-state index contributed by atoms with van der Waals surface area (Å²) in [7, 11) is 0. The fourth-order valence-corrected chi connectivity index (χ4v) is 3.97. The molecule has 2 heteroatoms. The summed E-state index contributed by atoms with van der Waals surface area (Å²) < 4.78 is 63.0. The number of hydrogen-bond donors (Lipinski definition) is 0. The van der Waals surface area contributed by atoms with Gasteiger partial charge in [-0.3, -0.25) is 4.98 Å². The third-order valence-corrected chi connectivity index (χ3v) is 5.45. The maximum absolute atomic E-state index is 8.55. The van der Waals surface area contributed by atoms with Crippen LogP contribution in [0.1, 0.15) is 46.0 Å². The van der Waals surface area contributed by atoms with Gasteiger partial charge in [0.25, 0.3) is 0 Å². The summed E-state index contributed by atoms with van der Waals surface area (Å²) in [6.45, 7) is -1.46. The number of para-hydroxylation sites is 1. The van der Waals surface area contributed by atoms with Gasteiger partial charge in [0.1, 0.15) is 11.2 Å². The zero-order chi connectivity index (χ0) is 26.8. The van der Waals surface area contributed by atoms with Crippen LogP contribution in [0, 0.1) is 13.7 Å². The van der Waals surface area contributed by atoms with Gasteiger partial charge in [-0.1, -0.05) is 68.4 Å². The summed E-state index contributed by atoms with van der Waals surface area (Å²) in [5.74, 6) is -1.17. The van der Waals surface area contributed by atoms with Gasteiger partial charge in [-0.15, -0.1) is 0 Å². The fraction of sp³-hybridized carbons (Fsp3) is 0.179. The smallest absolute Gasteiger partial charge is 0.144 e. The van der Waals surface area contributed by atoms with Crippen LogP contribution in [-0.2, 0) is 0 Å². The monoisotopic (exact) mass is 398 g/mol. The highest BCUT2D eigenvalue weighted by Gasteiger charge is 2.18. The zero-order valence-electron chi connectivity index (χ0n) is 23.8. The second kappa shape index (κ2) is 7.14. The van der Waals surface area contributed by atoms with E-state index in [1.54, 1.807) is 32.0 Å². The van der Waals surface area contributed by atoms with E-state index in [4.69, 9.17) is 14.0 Å². The molecule has 0 N–H and O–H groups in total. The highest BCUT2D eigenvalue weighted by atomic mass is 16.3. The van der Waals surface area contributed by atoms with Crippen molar-refractivity contribution in [3.05, 3.63) is 89.6 Å². The normalized spacial score (nSPS) is 16.3. The predicted octanol–water partition coefficient (Wildman–Crippen LogP) is 8.06. The molecule has 2 nitrogen and oxygen atoms in total. The molecule has 148 valence electrons. The van der Waals surface area contributed by atoms with Gasteiger partial charge in [-0.25, -0.2) is 0 Å². The van der Waals surface area contributed by atoms with Crippen molar-refractivity contribution in [1.29, 1.82) is 0 Å². The number of aromatic nitrogens is 1. The number of benzene rings is 3. The largest absolute Gasteiger partial charge is 0.455 e. The molecule has 2 aromatic heterocycles. The lowest BCUT2D eigenvalue weighted by Crippen LogP contribution is -1.95. The Morgan fingerprint density at radius 3 is 2.43 bits per heavy atom. The third-order valence-electron chi connectivity index (χ3n) is 5.45. The van der Waals surface area contributed by atoms with E-state index in [-0.39, 0.29) is 11.1 Å². The molecule has 5 aromatic rings. The van der Waals surface area contributed by atoms with Gasteiger partial charge in [-0.2, -0.15) is 0 Å². The fourth-order valence-electron chi connectivity index (χ4n) is 3.97. The van der Waals surface area contributed by atoms with Crippen molar-refractivity contribution in [3.8, 4) is 22.4 Å². The minimum atomic E-state index is -2.40. The number of rotatable bonds is 3. The van der Waals surface area contributed by atoms with E-state index < -0.39 is 19.6 Å². The van der Waals surface area contributed by atoms with Crippen molar-refractivity contribution in [2.24, 2.45) is 0 Å². The van der Waals surface area contributed by atoms with Crippen molar-refractivity contribution >= 4 is 21.9 Å². The summed E-state index contributed by atoms with van der Waals surface area (Å²) in [5.41, 5.74) is 3.93. The third kappa shape index (κ3) is 2.91. The van der Waals surface area contributed by atoms with Crippen LogP contribution in [-0.4, -0.2) is 4.98 Å². The average molecular weight is 399 g/mol.